The van der Waals surface area contributed by atoms with Crippen LogP contribution in [-0.4, -0.2) is 55.2 Å². The summed E-state index contributed by atoms with van der Waals surface area (Å²) >= 11 is 0. The monoisotopic (exact) mass is 552 g/mol. The third kappa shape index (κ3) is 5.74. The first-order chi connectivity index (χ1) is 19.9. The van der Waals surface area contributed by atoms with Crippen LogP contribution in [-0.2, 0) is 24.5 Å². The Morgan fingerprint density at radius 2 is 1.54 bits per heavy atom. The van der Waals surface area contributed by atoms with Gasteiger partial charge in [0.15, 0.2) is 0 Å². The number of ether oxygens (including phenoxy) is 2. The van der Waals surface area contributed by atoms with Gasteiger partial charge in [-0.2, -0.15) is 0 Å². The summed E-state index contributed by atoms with van der Waals surface area (Å²) < 4.78 is 10.8. The number of nitrogens with one attached hydrogen (secondary N) is 1. The van der Waals surface area contributed by atoms with Crippen LogP contribution in [0.25, 0.3) is 0 Å². The fraction of sp³-hybridized carbons (Fsp3) is 0.303. The highest BCUT2D eigenvalue weighted by molar-refractivity contribution is 5.99. The third-order valence-electron chi connectivity index (χ3n) is 8.21. The lowest BCUT2D eigenvalue weighted by atomic mass is 9.68. The van der Waals surface area contributed by atoms with E-state index >= 15 is 0 Å². The number of pyridine rings is 1. The van der Waals surface area contributed by atoms with Crippen LogP contribution in [0.5, 0.6) is 0 Å². The zero-order chi connectivity index (χ0) is 28.8. The SMILES string of the molecule is COC(=O)C1=C(N)NC(C)=C(C(=O)OCCN2CCC(c3ccccc3)(c3ccccc3)CC2)C1c1ccccn1. The maximum absolute atomic E-state index is 13.5. The first-order valence-electron chi connectivity index (χ1n) is 13.9. The zero-order valence-electron chi connectivity index (χ0n) is 23.5. The standard InChI is InChI=1S/C33H36N4O4/c1-23-27(28(26-15-9-10-18-35-26)29(30(34)36-23)31(38)40-2)32(39)41-22-21-37-19-16-33(17-20-37,24-11-5-3-6-12-24)25-13-7-4-8-14-25/h3-15,18,28,36H,16-17,19-22,34H2,1-2H3. The minimum Gasteiger partial charge on any atom is -0.466 e. The summed E-state index contributed by atoms with van der Waals surface area (Å²) in [6.45, 7) is 4.34. The van der Waals surface area contributed by atoms with E-state index in [0.29, 0.717) is 23.5 Å². The van der Waals surface area contributed by atoms with Crippen LogP contribution in [0.1, 0.15) is 42.5 Å². The molecule has 0 aliphatic carbocycles. The molecule has 41 heavy (non-hydrogen) atoms. The minimum atomic E-state index is -0.801. The van der Waals surface area contributed by atoms with Gasteiger partial charge in [0.25, 0.3) is 0 Å². The lowest BCUT2D eigenvalue weighted by molar-refractivity contribution is -0.140. The largest absolute Gasteiger partial charge is 0.466 e. The van der Waals surface area contributed by atoms with Crippen LogP contribution in [0.15, 0.2) is 108 Å². The Labute approximate surface area is 240 Å². The van der Waals surface area contributed by atoms with Crippen molar-refractivity contribution < 1.29 is 19.1 Å². The summed E-state index contributed by atoms with van der Waals surface area (Å²) in [6.07, 6.45) is 3.55. The molecule has 2 aliphatic rings. The molecule has 1 aromatic heterocycles. The molecule has 8 nitrogen and oxygen atoms in total. The number of nitrogens with zero attached hydrogens (tertiary/aromatic N) is 2. The summed E-state index contributed by atoms with van der Waals surface area (Å²) in [6, 6.07) is 26.8. The number of dihydropyridines is 1. The van der Waals surface area contributed by atoms with Gasteiger partial charge in [0.2, 0.25) is 0 Å². The van der Waals surface area contributed by atoms with E-state index in [1.807, 2.05) is 0 Å². The number of allylic oxidation sites excluding steroid dienone is 1. The predicted octanol–water partition coefficient (Wildman–Crippen LogP) is 4.01. The lowest BCUT2D eigenvalue weighted by Crippen LogP contribution is -2.44. The number of nitrogens with two attached hydrogens (primary N) is 1. The highest BCUT2D eigenvalue weighted by Crippen LogP contribution is 2.42. The highest BCUT2D eigenvalue weighted by Gasteiger charge is 2.40. The number of rotatable bonds is 8. The van der Waals surface area contributed by atoms with Gasteiger partial charge < -0.3 is 20.5 Å². The van der Waals surface area contributed by atoms with Gasteiger partial charge in [0.1, 0.15) is 12.4 Å². The molecule has 3 aromatic rings. The second kappa shape index (κ2) is 12.4. The number of likely N-dealkylation sites (tertiary alicyclic amines) is 1. The summed E-state index contributed by atoms with van der Waals surface area (Å²) in [7, 11) is 1.28. The smallest absolute Gasteiger partial charge is 0.338 e. The molecular weight excluding hydrogens is 516 g/mol. The van der Waals surface area contributed by atoms with Crippen molar-refractivity contribution in [3.05, 3.63) is 125 Å². The second-order valence-corrected chi connectivity index (χ2v) is 10.5. The van der Waals surface area contributed by atoms with Crippen molar-refractivity contribution in [2.24, 2.45) is 5.73 Å². The van der Waals surface area contributed by atoms with E-state index < -0.39 is 17.9 Å². The van der Waals surface area contributed by atoms with Crippen LogP contribution in [0.4, 0.5) is 0 Å². The van der Waals surface area contributed by atoms with Crippen molar-refractivity contribution in [3.8, 4) is 0 Å². The molecule has 0 amide bonds. The number of hydrogen-bond donors (Lipinski definition) is 2. The first-order valence-corrected chi connectivity index (χ1v) is 13.9. The highest BCUT2D eigenvalue weighted by atomic mass is 16.5. The van der Waals surface area contributed by atoms with Crippen molar-refractivity contribution in [1.82, 2.24) is 15.2 Å². The minimum absolute atomic E-state index is 0.0438. The summed E-state index contributed by atoms with van der Waals surface area (Å²) in [5.74, 6) is -1.81. The first kappa shape index (κ1) is 28.1. The Balaban J connectivity index is 1.27. The topological polar surface area (TPSA) is 107 Å². The van der Waals surface area contributed by atoms with Crippen molar-refractivity contribution >= 4 is 11.9 Å². The Morgan fingerprint density at radius 3 is 2.10 bits per heavy atom. The number of carbonyl (C=O) groups excluding carboxylic acids is 2. The fourth-order valence-corrected chi connectivity index (χ4v) is 6.07. The quantitative estimate of drug-likeness (QED) is 0.404. The van der Waals surface area contributed by atoms with Gasteiger partial charge in [-0.3, -0.25) is 9.88 Å². The van der Waals surface area contributed by atoms with Gasteiger partial charge in [0.05, 0.1) is 29.9 Å². The Hall–Kier alpha value is -4.43. The molecule has 0 bridgehead atoms. The summed E-state index contributed by atoms with van der Waals surface area (Å²) in [5.41, 5.74) is 10.3. The maximum Gasteiger partial charge on any atom is 0.338 e. The maximum atomic E-state index is 13.5. The van der Waals surface area contributed by atoms with Crippen molar-refractivity contribution in [1.29, 1.82) is 0 Å². The Morgan fingerprint density at radius 1 is 0.927 bits per heavy atom. The normalized spacial score (nSPS) is 18.9. The van der Waals surface area contributed by atoms with Gasteiger partial charge in [-0.25, -0.2) is 9.59 Å². The van der Waals surface area contributed by atoms with E-state index in [1.54, 1.807) is 31.3 Å². The van der Waals surface area contributed by atoms with Crippen molar-refractivity contribution in [2.45, 2.75) is 31.1 Å². The van der Waals surface area contributed by atoms with Gasteiger partial charge in [-0.05, 0) is 56.1 Å². The second-order valence-electron chi connectivity index (χ2n) is 10.5. The summed E-state index contributed by atoms with van der Waals surface area (Å²) in [5, 5.41) is 2.95. The number of carbonyl (C=O) groups is 2. The molecule has 0 spiro atoms. The Kier molecular flexibility index (Phi) is 8.50. The molecule has 5 rings (SSSR count). The van der Waals surface area contributed by atoms with Gasteiger partial charge in [0, 0.05) is 23.9 Å². The van der Waals surface area contributed by atoms with Gasteiger partial charge in [-0.15, -0.1) is 0 Å². The van der Waals surface area contributed by atoms with E-state index in [4.69, 9.17) is 15.2 Å². The number of hydrogen-bond acceptors (Lipinski definition) is 8. The molecule has 0 saturated carbocycles. The van der Waals surface area contributed by atoms with E-state index in [1.165, 1.54) is 18.2 Å². The van der Waals surface area contributed by atoms with Crippen LogP contribution in [0.3, 0.4) is 0 Å². The Bertz CT molecular complexity index is 1390. The lowest BCUT2D eigenvalue weighted by Gasteiger charge is -2.43. The van der Waals surface area contributed by atoms with Gasteiger partial charge >= 0.3 is 11.9 Å². The van der Waals surface area contributed by atoms with E-state index in [9.17, 15) is 9.59 Å². The van der Waals surface area contributed by atoms with E-state index in [-0.39, 0.29) is 23.4 Å². The number of aromatic nitrogens is 1. The molecule has 1 fully saturated rings. The number of benzene rings is 2. The molecule has 0 radical (unpaired) electrons. The van der Waals surface area contributed by atoms with Crippen molar-refractivity contribution in [2.75, 3.05) is 33.4 Å². The number of methoxy groups -OCH3 is 1. The number of piperidine rings is 1. The fourth-order valence-electron chi connectivity index (χ4n) is 6.07. The molecule has 3 heterocycles. The molecule has 1 unspecified atom stereocenters. The molecule has 1 saturated heterocycles. The average molecular weight is 553 g/mol. The van der Waals surface area contributed by atoms with Crippen LogP contribution < -0.4 is 11.1 Å². The summed E-state index contributed by atoms with van der Waals surface area (Å²) in [4.78, 5) is 32.9. The zero-order valence-corrected chi connectivity index (χ0v) is 23.5. The van der Waals surface area contributed by atoms with Crippen LogP contribution in [0, 0.1) is 0 Å². The third-order valence-corrected chi connectivity index (χ3v) is 8.21. The van der Waals surface area contributed by atoms with Crippen LogP contribution in [0.2, 0.25) is 0 Å². The van der Waals surface area contributed by atoms with Crippen molar-refractivity contribution in [3.63, 3.8) is 0 Å². The van der Waals surface area contributed by atoms with E-state index in [2.05, 4.69) is 75.9 Å². The molecule has 3 N–H and O–H groups in total. The van der Waals surface area contributed by atoms with Gasteiger partial charge in [-0.1, -0.05) is 66.7 Å². The van der Waals surface area contributed by atoms with Crippen LogP contribution >= 0.6 is 0 Å². The predicted molar refractivity (Wildman–Crippen MR) is 156 cm³/mol. The van der Waals surface area contributed by atoms with E-state index in [0.717, 1.165) is 25.9 Å². The molecule has 2 aromatic carbocycles. The average Bonchev–Trinajstić information content (AvgIpc) is 3.02. The molecule has 212 valence electrons. The molecular formula is C33H36N4O4. The number of esters is 2. The molecule has 2 aliphatic heterocycles. The molecule has 8 heteroatoms. The molecule has 1 atom stereocenters.